The van der Waals surface area contributed by atoms with Crippen molar-refractivity contribution in [3.8, 4) is 0 Å². The predicted octanol–water partition coefficient (Wildman–Crippen LogP) is 6.57. The molecule has 3 heteroatoms. The molecule has 0 aromatic carbocycles. The minimum absolute atomic E-state index is 0.221. The van der Waals surface area contributed by atoms with Crippen LogP contribution in [0, 0.1) is 0 Å². The maximum atomic E-state index is 9.21. The number of aliphatic hydroxyl groups is 1. The van der Waals surface area contributed by atoms with Crippen LogP contribution in [0.1, 0.15) is 110 Å². The predicted molar refractivity (Wildman–Crippen MR) is 114 cm³/mol. The summed E-state index contributed by atoms with van der Waals surface area (Å²) < 4.78 is 0.703. The topological polar surface area (TPSA) is 32.6 Å². The van der Waals surface area contributed by atoms with Crippen molar-refractivity contribution < 1.29 is 9.59 Å². The first-order valence-corrected chi connectivity index (χ1v) is 11.4. The van der Waals surface area contributed by atoms with Crippen molar-refractivity contribution in [1.29, 1.82) is 0 Å². The molecule has 1 aliphatic rings. The van der Waals surface area contributed by atoms with Crippen LogP contribution < -0.4 is 0 Å². The summed E-state index contributed by atoms with van der Waals surface area (Å²) in [6.07, 6.45) is 26.1. The molecular formula is C23H45N2O+. The van der Waals surface area contributed by atoms with Crippen LogP contribution in [0.4, 0.5) is 0 Å². The number of unbranched alkanes of at least 4 members (excludes halogenated alkanes) is 14. The molecule has 0 saturated heterocycles. The Morgan fingerprint density at radius 1 is 0.769 bits per heavy atom. The van der Waals surface area contributed by atoms with Gasteiger partial charge in [0, 0.05) is 6.42 Å². The van der Waals surface area contributed by atoms with Crippen LogP contribution in [-0.2, 0) is 0 Å². The Kier molecular flexibility index (Phi) is 13.8. The number of hydrogen-bond acceptors (Lipinski definition) is 2. The van der Waals surface area contributed by atoms with E-state index in [0.717, 1.165) is 13.0 Å². The highest BCUT2D eigenvalue weighted by Crippen LogP contribution is 2.19. The molecule has 0 aromatic rings. The lowest BCUT2D eigenvalue weighted by Gasteiger charge is -2.26. The molecule has 0 radical (unpaired) electrons. The van der Waals surface area contributed by atoms with Gasteiger partial charge in [0.25, 0.3) is 0 Å². The van der Waals surface area contributed by atoms with Gasteiger partial charge < -0.3 is 5.11 Å². The third-order valence-electron chi connectivity index (χ3n) is 5.78. The third-order valence-corrected chi connectivity index (χ3v) is 5.78. The Hall–Kier alpha value is -0.670. The molecule has 1 aliphatic heterocycles. The van der Waals surface area contributed by atoms with E-state index in [1.807, 2.05) is 6.20 Å². The number of likely N-dealkylation sites (N-methyl/N-ethyl adjacent to an activating group) is 1. The van der Waals surface area contributed by atoms with Crippen molar-refractivity contribution in [1.82, 2.24) is 0 Å². The fourth-order valence-corrected chi connectivity index (χ4v) is 3.87. The van der Waals surface area contributed by atoms with Gasteiger partial charge in [0.1, 0.15) is 12.7 Å². The standard InChI is InChI=1S/C23H45N2O/c1-3-4-5-6-7-8-9-10-11-12-13-14-15-16-17-18-23-24-19-20-25(23,2)21-22-26/h19-20,26H,3-18,21-22H2,1-2H3/q+1. The first-order valence-electron chi connectivity index (χ1n) is 11.4. The first kappa shape index (κ1) is 23.4. The molecule has 1 rings (SSSR count). The molecule has 26 heavy (non-hydrogen) atoms. The van der Waals surface area contributed by atoms with Gasteiger partial charge in [-0.2, -0.15) is 0 Å². The highest BCUT2D eigenvalue weighted by molar-refractivity contribution is 5.78. The zero-order valence-corrected chi connectivity index (χ0v) is 17.7. The second-order valence-electron chi connectivity index (χ2n) is 8.26. The SMILES string of the molecule is CCCCCCCCCCCCCCCCCC1=NC=C[N+]1(C)CCO. The first-order chi connectivity index (χ1) is 12.7. The van der Waals surface area contributed by atoms with Crippen molar-refractivity contribution in [3.63, 3.8) is 0 Å². The Morgan fingerprint density at radius 3 is 1.69 bits per heavy atom. The number of aliphatic imine (C=N–C) groups is 1. The van der Waals surface area contributed by atoms with E-state index in [0.29, 0.717) is 4.48 Å². The van der Waals surface area contributed by atoms with E-state index in [9.17, 15) is 5.11 Å². The van der Waals surface area contributed by atoms with Crippen LogP contribution in [0.5, 0.6) is 0 Å². The molecule has 1 atom stereocenters. The highest BCUT2D eigenvalue weighted by atomic mass is 16.3. The quantitative estimate of drug-likeness (QED) is 0.216. The van der Waals surface area contributed by atoms with E-state index in [2.05, 4.69) is 25.2 Å². The Morgan fingerprint density at radius 2 is 1.23 bits per heavy atom. The summed E-state index contributed by atoms with van der Waals surface area (Å²) in [4.78, 5) is 4.51. The van der Waals surface area contributed by atoms with Gasteiger partial charge in [0.2, 0.25) is 5.84 Å². The van der Waals surface area contributed by atoms with Gasteiger partial charge in [-0.25, -0.2) is 4.99 Å². The summed E-state index contributed by atoms with van der Waals surface area (Å²) in [6.45, 7) is 3.25. The number of quaternary nitrogens is 1. The molecule has 1 heterocycles. The lowest BCUT2D eigenvalue weighted by atomic mass is 10.0. The average molecular weight is 366 g/mol. The number of aliphatic hydroxyl groups excluding tert-OH is 1. The van der Waals surface area contributed by atoms with Crippen LogP contribution in [0.25, 0.3) is 0 Å². The summed E-state index contributed by atoms with van der Waals surface area (Å²) in [5, 5.41) is 9.21. The smallest absolute Gasteiger partial charge is 0.207 e. The Balaban J connectivity index is 1.83. The van der Waals surface area contributed by atoms with Gasteiger partial charge in [-0.15, -0.1) is 0 Å². The van der Waals surface area contributed by atoms with Gasteiger partial charge in [-0.05, 0) is 6.42 Å². The molecule has 0 saturated carbocycles. The Bertz CT molecular complexity index is 392. The molecule has 1 unspecified atom stereocenters. The van der Waals surface area contributed by atoms with Crippen molar-refractivity contribution >= 4 is 5.84 Å². The van der Waals surface area contributed by atoms with Crippen molar-refractivity contribution in [2.24, 2.45) is 4.99 Å². The monoisotopic (exact) mass is 365 g/mol. The zero-order valence-electron chi connectivity index (χ0n) is 17.7. The van der Waals surface area contributed by atoms with Crippen LogP contribution >= 0.6 is 0 Å². The maximum absolute atomic E-state index is 9.21. The van der Waals surface area contributed by atoms with Crippen molar-refractivity contribution in [2.75, 3.05) is 20.2 Å². The highest BCUT2D eigenvalue weighted by Gasteiger charge is 2.29. The lowest BCUT2D eigenvalue weighted by Crippen LogP contribution is -2.44. The van der Waals surface area contributed by atoms with E-state index < -0.39 is 0 Å². The van der Waals surface area contributed by atoms with Crippen LogP contribution in [0.15, 0.2) is 17.4 Å². The minimum atomic E-state index is 0.221. The lowest BCUT2D eigenvalue weighted by molar-refractivity contribution is -0.765. The molecular weight excluding hydrogens is 320 g/mol. The Labute approximate surface area is 163 Å². The molecule has 0 bridgehead atoms. The summed E-state index contributed by atoms with van der Waals surface area (Å²) >= 11 is 0. The summed E-state index contributed by atoms with van der Waals surface area (Å²) in [5.74, 6) is 1.22. The van der Waals surface area contributed by atoms with Crippen LogP contribution in [0.2, 0.25) is 0 Å². The van der Waals surface area contributed by atoms with Crippen molar-refractivity contribution in [3.05, 3.63) is 12.4 Å². The van der Waals surface area contributed by atoms with Crippen LogP contribution in [-0.4, -0.2) is 35.6 Å². The van der Waals surface area contributed by atoms with Gasteiger partial charge in [0.05, 0.1) is 19.9 Å². The molecule has 0 aromatic heterocycles. The number of hydrogen-bond donors (Lipinski definition) is 1. The van der Waals surface area contributed by atoms with Crippen molar-refractivity contribution in [2.45, 2.75) is 110 Å². The van der Waals surface area contributed by atoms with E-state index in [1.165, 1.54) is 102 Å². The molecule has 0 amide bonds. The number of rotatable bonds is 18. The summed E-state index contributed by atoms with van der Waals surface area (Å²) in [6, 6.07) is 0. The largest absolute Gasteiger partial charge is 0.390 e. The van der Waals surface area contributed by atoms with E-state index >= 15 is 0 Å². The van der Waals surface area contributed by atoms with Crippen LogP contribution in [0.3, 0.4) is 0 Å². The fraction of sp³-hybridized carbons (Fsp3) is 0.870. The molecule has 0 spiro atoms. The fourth-order valence-electron chi connectivity index (χ4n) is 3.87. The summed E-state index contributed by atoms with van der Waals surface area (Å²) in [5.41, 5.74) is 0. The molecule has 0 aliphatic carbocycles. The van der Waals surface area contributed by atoms with Gasteiger partial charge >= 0.3 is 0 Å². The molecule has 3 nitrogen and oxygen atoms in total. The second-order valence-corrected chi connectivity index (χ2v) is 8.26. The average Bonchev–Trinajstić information content (AvgIpc) is 2.99. The van der Waals surface area contributed by atoms with Gasteiger partial charge in [-0.3, -0.25) is 4.48 Å². The van der Waals surface area contributed by atoms with E-state index in [4.69, 9.17) is 0 Å². The van der Waals surface area contributed by atoms with Gasteiger partial charge in [0.15, 0.2) is 0 Å². The summed E-state index contributed by atoms with van der Waals surface area (Å²) in [7, 11) is 2.14. The normalized spacial score (nSPS) is 19.3. The number of nitrogens with zero attached hydrogens (tertiary/aromatic N) is 2. The third kappa shape index (κ3) is 10.5. The number of amidine groups is 1. The second kappa shape index (κ2) is 15.4. The molecule has 0 fully saturated rings. The molecule has 1 N–H and O–H groups in total. The zero-order chi connectivity index (χ0) is 18.9. The molecule has 152 valence electrons. The van der Waals surface area contributed by atoms with E-state index in [-0.39, 0.29) is 6.61 Å². The minimum Gasteiger partial charge on any atom is -0.390 e. The van der Waals surface area contributed by atoms with E-state index in [1.54, 1.807) is 0 Å². The van der Waals surface area contributed by atoms with Gasteiger partial charge in [-0.1, -0.05) is 96.8 Å². The maximum Gasteiger partial charge on any atom is 0.207 e.